The number of carbonyl (C=O) groups excluding carboxylic acids is 1. The predicted octanol–water partition coefficient (Wildman–Crippen LogP) is 3.14. The second-order valence-electron chi connectivity index (χ2n) is 6.90. The lowest BCUT2D eigenvalue weighted by Gasteiger charge is -2.17. The van der Waals surface area contributed by atoms with Gasteiger partial charge in [-0.05, 0) is 60.6 Å². The fourth-order valence-electron chi connectivity index (χ4n) is 4.24. The molecule has 2 aliphatic carbocycles. The van der Waals surface area contributed by atoms with Gasteiger partial charge in [0.2, 0.25) is 5.91 Å². The van der Waals surface area contributed by atoms with E-state index in [2.05, 4.69) is 35.3 Å². The van der Waals surface area contributed by atoms with E-state index in [1.165, 1.54) is 36.0 Å². The van der Waals surface area contributed by atoms with E-state index < -0.39 is 0 Å². The van der Waals surface area contributed by atoms with Crippen LogP contribution < -0.4 is 0 Å². The molecular formula is C19H23NO. The molecule has 2 unspecified atom stereocenters. The normalized spacial score (nSPS) is 26.8. The second kappa shape index (κ2) is 5.32. The zero-order valence-corrected chi connectivity index (χ0v) is 12.6. The Kier molecular flexibility index (Phi) is 3.33. The van der Waals surface area contributed by atoms with Gasteiger partial charge in [-0.25, -0.2) is 0 Å². The smallest absolute Gasteiger partial charge is 0.227 e. The van der Waals surface area contributed by atoms with E-state index in [-0.39, 0.29) is 0 Å². The highest BCUT2D eigenvalue weighted by Crippen LogP contribution is 2.33. The van der Waals surface area contributed by atoms with Gasteiger partial charge >= 0.3 is 0 Å². The summed E-state index contributed by atoms with van der Waals surface area (Å²) in [4.78, 5) is 14.7. The van der Waals surface area contributed by atoms with Crippen LogP contribution in [-0.4, -0.2) is 23.9 Å². The Morgan fingerprint density at radius 3 is 2.52 bits per heavy atom. The molecule has 0 bridgehead atoms. The van der Waals surface area contributed by atoms with Crippen LogP contribution in [0.1, 0.15) is 36.0 Å². The third kappa shape index (κ3) is 2.52. The third-order valence-electron chi connectivity index (χ3n) is 5.49. The van der Waals surface area contributed by atoms with Crippen LogP contribution in [0.3, 0.4) is 0 Å². The molecule has 3 aliphatic rings. The van der Waals surface area contributed by atoms with Crippen LogP contribution >= 0.6 is 0 Å². The lowest BCUT2D eigenvalue weighted by Crippen LogP contribution is -2.30. The first-order chi connectivity index (χ1) is 10.3. The fraction of sp³-hybridized carbons (Fsp3) is 0.526. The topological polar surface area (TPSA) is 20.3 Å². The molecule has 0 N–H and O–H groups in total. The van der Waals surface area contributed by atoms with Crippen LogP contribution in [0.4, 0.5) is 0 Å². The SMILES string of the molecule is O=C(Cc1ccc2c(c1)CCC2)N1CC2CC=CCC2C1. The summed E-state index contributed by atoms with van der Waals surface area (Å²) in [5, 5.41) is 0. The molecule has 21 heavy (non-hydrogen) atoms. The molecule has 1 aromatic carbocycles. The molecule has 0 aromatic heterocycles. The Labute approximate surface area is 126 Å². The number of hydrogen-bond acceptors (Lipinski definition) is 1. The summed E-state index contributed by atoms with van der Waals surface area (Å²) >= 11 is 0. The average Bonchev–Trinajstić information content (AvgIpc) is 3.13. The summed E-state index contributed by atoms with van der Waals surface area (Å²) < 4.78 is 0. The fourth-order valence-corrected chi connectivity index (χ4v) is 4.24. The van der Waals surface area contributed by atoms with Crippen molar-refractivity contribution in [3.05, 3.63) is 47.0 Å². The van der Waals surface area contributed by atoms with Gasteiger partial charge in [-0.2, -0.15) is 0 Å². The molecule has 1 saturated heterocycles. The zero-order valence-electron chi connectivity index (χ0n) is 12.6. The quantitative estimate of drug-likeness (QED) is 0.763. The molecule has 110 valence electrons. The van der Waals surface area contributed by atoms with E-state index in [1.54, 1.807) is 0 Å². The summed E-state index contributed by atoms with van der Waals surface area (Å²) in [7, 11) is 0. The van der Waals surface area contributed by atoms with Gasteiger partial charge in [-0.15, -0.1) is 0 Å². The minimum Gasteiger partial charge on any atom is -0.342 e. The maximum absolute atomic E-state index is 12.6. The maximum atomic E-state index is 12.6. The Bertz CT molecular complexity index is 573. The molecule has 1 aliphatic heterocycles. The average molecular weight is 281 g/mol. The van der Waals surface area contributed by atoms with E-state index in [9.17, 15) is 4.79 Å². The van der Waals surface area contributed by atoms with Crippen molar-refractivity contribution in [2.75, 3.05) is 13.1 Å². The molecule has 0 radical (unpaired) electrons. The molecule has 1 heterocycles. The summed E-state index contributed by atoms with van der Waals surface area (Å²) in [5.41, 5.74) is 4.16. The van der Waals surface area contributed by atoms with Crippen molar-refractivity contribution in [2.24, 2.45) is 11.8 Å². The minimum atomic E-state index is 0.322. The van der Waals surface area contributed by atoms with Crippen molar-refractivity contribution >= 4 is 5.91 Å². The molecule has 2 atom stereocenters. The summed E-state index contributed by atoms with van der Waals surface area (Å²) in [5.74, 6) is 1.74. The monoisotopic (exact) mass is 281 g/mol. The second-order valence-corrected chi connectivity index (χ2v) is 6.90. The first-order valence-electron chi connectivity index (χ1n) is 8.33. The molecular weight excluding hydrogens is 258 g/mol. The van der Waals surface area contributed by atoms with Crippen molar-refractivity contribution in [1.29, 1.82) is 0 Å². The van der Waals surface area contributed by atoms with E-state index in [4.69, 9.17) is 0 Å². The van der Waals surface area contributed by atoms with Crippen LogP contribution in [0.15, 0.2) is 30.4 Å². The molecule has 0 spiro atoms. The van der Waals surface area contributed by atoms with E-state index in [0.29, 0.717) is 24.2 Å². The third-order valence-corrected chi connectivity index (χ3v) is 5.49. The molecule has 1 fully saturated rings. The van der Waals surface area contributed by atoms with Gasteiger partial charge in [0.05, 0.1) is 6.42 Å². The molecule has 2 nitrogen and oxygen atoms in total. The Morgan fingerprint density at radius 2 is 1.76 bits per heavy atom. The van der Waals surface area contributed by atoms with Gasteiger partial charge in [-0.1, -0.05) is 30.4 Å². The number of nitrogens with zero attached hydrogens (tertiary/aromatic N) is 1. The van der Waals surface area contributed by atoms with Gasteiger partial charge in [0.25, 0.3) is 0 Å². The predicted molar refractivity (Wildman–Crippen MR) is 84.1 cm³/mol. The van der Waals surface area contributed by atoms with Crippen molar-refractivity contribution in [1.82, 2.24) is 4.90 Å². The number of carbonyl (C=O) groups is 1. The number of amides is 1. The van der Waals surface area contributed by atoms with Crippen molar-refractivity contribution in [3.8, 4) is 0 Å². The van der Waals surface area contributed by atoms with Crippen molar-refractivity contribution < 1.29 is 4.79 Å². The first kappa shape index (κ1) is 13.1. The van der Waals surface area contributed by atoms with E-state index in [1.807, 2.05) is 0 Å². The van der Waals surface area contributed by atoms with Crippen LogP contribution in [0.25, 0.3) is 0 Å². The van der Waals surface area contributed by atoms with Crippen LogP contribution in [0.5, 0.6) is 0 Å². The number of benzene rings is 1. The summed E-state index contributed by atoms with van der Waals surface area (Å²) in [6.45, 7) is 1.94. The number of fused-ring (bicyclic) bond motifs is 2. The molecule has 2 heteroatoms. The van der Waals surface area contributed by atoms with Gasteiger partial charge in [0.1, 0.15) is 0 Å². The lowest BCUT2D eigenvalue weighted by atomic mass is 9.86. The number of likely N-dealkylation sites (tertiary alicyclic amines) is 1. The number of aryl methyl sites for hydroxylation is 2. The number of allylic oxidation sites excluding steroid dienone is 2. The summed E-state index contributed by atoms with van der Waals surface area (Å²) in [6, 6.07) is 6.66. The highest BCUT2D eigenvalue weighted by atomic mass is 16.2. The highest BCUT2D eigenvalue weighted by Gasteiger charge is 2.34. The van der Waals surface area contributed by atoms with E-state index >= 15 is 0 Å². The molecule has 1 amide bonds. The van der Waals surface area contributed by atoms with Crippen LogP contribution in [0, 0.1) is 11.8 Å². The highest BCUT2D eigenvalue weighted by molar-refractivity contribution is 5.79. The van der Waals surface area contributed by atoms with Gasteiger partial charge in [0.15, 0.2) is 0 Å². The minimum absolute atomic E-state index is 0.322. The first-order valence-corrected chi connectivity index (χ1v) is 8.33. The van der Waals surface area contributed by atoms with Gasteiger partial charge in [0, 0.05) is 13.1 Å². The molecule has 1 aromatic rings. The zero-order chi connectivity index (χ0) is 14.2. The number of rotatable bonds is 2. The Balaban J connectivity index is 1.42. The largest absolute Gasteiger partial charge is 0.342 e. The molecule has 4 rings (SSSR count). The Morgan fingerprint density at radius 1 is 1.05 bits per heavy atom. The molecule has 0 saturated carbocycles. The lowest BCUT2D eigenvalue weighted by molar-refractivity contribution is -0.129. The number of hydrogen-bond donors (Lipinski definition) is 0. The van der Waals surface area contributed by atoms with Gasteiger partial charge in [-0.3, -0.25) is 4.79 Å². The van der Waals surface area contributed by atoms with E-state index in [0.717, 1.165) is 25.9 Å². The van der Waals surface area contributed by atoms with Crippen molar-refractivity contribution in [3.63, 3.8) is 0 Å². The van der Waals surface area contributed by atoms with Crippen LogP contribution in [-0.2, 0) is 24.1 Å². The standard InChI is InChI=1S/C19H23NO/c21-19(20-12-17-4-1-2-5-18(17)13-20)11-14-8-9-15-6-3-7-16(15)10-14/h1-2,8-10,17-18H,3-7,11-13H2. The van der Waals surface area contributed by atoms with Crippen molar-refractivity contribution in [2.45, 2.75) is 38.5 Å². The Hall–Kier alpha value is -1.57. The van der Waals surface area contributed by atoms with Gasteiger partial charge < -0.3 is 4.90 Å². The maximum Gasteiger partial charge on any atom is 0.227 e. The summed E-state index contributed by atoms with van der Waals surface area (Å²) in [6.07, 6.45) is 11.2. The van der Waals surface area contributed by atoms with Crippen LogP contribution in [0.2, 0.25) is 0 Å².